The van der Waals surface area contributed by atoms with E-state index in [1.807, 2.05) is 19.0 Å². The second-order valence-electron chi connectivity index (χ2n) is 9.53. The number of nitrogens with zero attached hydrogens (tertiary/aromatic N) is 5. The summed E-state index contributed by atoms with van der Waals surface area (Å²) in [5, 5.41) is 0.575. The van der Waals surface area contributed by atoms with Gasteiger partial charge in [-0.3, -0.25) is 14.1 Å². The first-order chi connectivity index (χ1) is 17.3. The molecule has 190 valence electrons. The molecule has 1 aliphatic rings. The fourth-order valence-electron chi connectivity index (χ4n) is 4.79. The molecule has 1 saturated carbocycles. The maximum absolute atomic E-state index is 15.2. The fraction of sp³-hybridized carbons (Fsp3) is 0.423. The minimum absolute atomic E-state index is 0.0139. The molecule has 0 spiro atoms. The number of ether oxygens (including phenoxy) is 2. The van der Waals surface area contributed by atoms with Crippen LogP contribution in [-0.4, -0.2) is 64.5 Å². The lowest BCUT2D eigenvalue weighted by atomic mass is 9.89. The average Bonchev–Trinajstić information content (AvgIpc) is 3.06. The van der Waals surface area contributed by atoms with E-state index < -0.39 is 11.8 Å². The summed E-state index contributed by atoms with van der Waals surface area (Å²) in [6.07, 6.45) is 3.86. The van der Waals surface area contributed by atoms with E-state index in [0.717, 1.165) is 13.0 Å². The van der Waals surface area contributed by atoms with Crippen LogP contribution in [0.2, 0.25) is 0 Å². The van der Waals surface area contributed by atoms with Gasteiger partial charge in [0.05, 0.1) is 35.5 Å². The summed E-state index contributed by atoms with van der Waals surface area (Å²) in [5.41, 5.74) is 1.56. The second-order valence-corrected chi connectivity index (χ2v) is 9.53. The van der Waals surface area contributed by atoms with Crippen molar-refractivity contribution in [1.82, 2.24) is 24.0 Å². The van der Waals surface area contributed by atoms with Crippen molar-refractivity contribution in [3.05, 3.63) is 52.7 Å². The Morgan fingerprint density at radius 2 is 1.94 bits per heavy atom. The van der Waals surface area contributed by atoms with Gasteiger partial charge in [-0.25, -0.2) is 9.18 Å². The summed E-state index contributed by atoms with van der Waals surface area (Å²) < 4.78 is 44.4. The van der Waals surface area contributed by atoms with Gasteiger partial charge in [-0.15, -0.1) is 0 Å². The van der Waals surface area contributed by atoms with Crippen molar-refractivity contribution in [2.75, 3.05) is 34.4 Å². The SMILES string of the molecule is COC1CC(n2c(=O)n(C)c3cnc4cc(F)c(-c5ccc(OCCCN(C)C)nc5F)cc4c32)C1. The summed E-state index contributed by atoms with van der Waals surface area (Å²) in [6, 6.07) is 5.80. The molecular weight excluding hydrogens is 468 g/mol. The maximum atomic E-state index is 15.2. The van der Waals surface area contributed by atoms with Gasteiger partial charge in [-0.1, -0.05) is 0 Å². The molecule has 0 bridgehead atoms. The number of imidazole rings is 1. The quantitative estimate of drug-likeness (QED) is 0.272. The molecule has 1 fully saturated rings. The number of aromatic nitrogens is 4. The molecule has 3 aromatic heterocycles. The number of halogens is 2. The van der Waals surface area contributed by atoms with Gasteiger partial charge in [-0.2, -0.15) is 9.37 Å². The highest BCUT2D eigenvalue weighted by atomic mass is 19.1. The molecule has 1 aromatic carbocycles. The number of rotatable bonds is 8. The van der Waals surface area contributed by atoms with Crippen LogP contribution in [0.1, 0.15) is 25.3 Å². The van der Waals surface area contributed by atoms with E-state index >= 15 is 8.78 Å². The Bertz CT molecular complexity index is 1490. The molecule has 3 heterocycles. The molecule has 0 saturated heterocycles. The molecule has 5 rings (SSSR count). The summed E-state index contributed by atoms with van der Waals surface area (Å²) in [4.78, 5) is 23.4. The van der Waals surface area contributed by atoms with Gasteiger partial charge in [0.25, 0.3) is 0 Å². The number of pyridine rings is 2. The third kappa shape index (κ3) is 4.24. The van der Waals surface area contributed by atoms with Crippen molar-refractivity contribution in [3.63, 3.8) is 0 Å². The van der Waals surface area contributed by atoms with Gasteiger partial charge in [0.15, 0.2) is 0 Å². The van der Waals surface area contributed by atoms with Gasteiger partial charge < -0.3 is 14.4 Å². The van der Waals surface area contributed by atoms with Crippen molar-refractivity contribution < 1.29 is 18.3 Å². The zero-order chi connectivity index (χ0) is 25.6. The predicted molar refractivity (Wildman–Crippen MR) is 133 cm³/mol. The molecule has 8 nitrogen and oxygen atoms in total. The number of aryl methyl sites for hydroxylation is 1. The molecule has 4 aromatic rings. The largest absolute Gasteiger partial charge is 0.478 e. The topological polar surface area (TPSA) is 74.4 Å². The first-order valence-electron chi connectivity index (χ1n) is 11.9. The third-order valence-electron chi connectivity index (χ3n) is 6.89. The normalized spacial score (nSPS) is 17.8. The Morgan fingerprint density at radius 3 is 2.64 bits per heavy atom. The van der Waals surface area contributed by atoms with Crippen LogP contribution in [-0.2, 0) is 11.8 Å². The van der Waals surface area contributed by atoms with E-state index in [1.165, 1.54) is 22.8 Å². The Labute approximate surface area is 207 Å². The van der Waals surface area contributed by atoms with E-state index in [1.54, 1.807) is 31.0 Å². The van der Waals surface area contributed by atoms with Crippen molar-refractivity contribution in [2.24, 2.45) is 7.05 Å². The van der Waals surface area contributed by atoms with Crippen LogP contribution < -0.4 is 10.4 Å². The lowest BCUT2D eigenvalue weighted by Crippen LogP contribution is -2.37. The monoisotopic (exact) mass is 497 g/mol. The van der Waals surface area contributed by atoms with Gasteiger partial charge in [0.2, 0.25) is 11.8 Å². The third-order valence-corrected chi connectivity index (χ3v) is 6.89. The van der Waals surface area contributed by atoms with Crippen LogP contribution in [0.3, 0.4) is 0 Å². The Morgan fingerprint density at radius 1 is 1.17 bits per heavy atom. The van der Waals surface area contributed by atoms with Gasteiger partial charge in [0.1, 0.15) is 5.82 Å². The highest BCUT2D eigenvalue weighted by Crippen LogP contribution is 2.38. The zero-order valence-electron chi connectivity index (χ0n) is 20.8. The maximum Gasteiger partial charge on any atom is 0.329 e. The van der Waals surface area contributed by atoms with Gasteiger partial charge in [0, 0.05) is 55.4 Å². The summed E-state index contributed by atoms with van der Waals surface area (Å²) in [5.74, 6) is -1.30. The van der Waals surface area contributed by atoms with E-state index in [4.69, 9.17) is 9.47 Å². The molecule has 0 radical (unpaired) electrons. The minimum Gasteiger partial charge on any atom is -0.478 e. The highest BCUT2D eigenvalue weighted by molar-refractivity contribution is 6.04. The standard InChI is InChI=1S/C26H29F2N5O3/c1-31(2)8-5-9-36-23-7-6-17(25(28)30-23)18-12-19-21(13-20(18)27)29-14-22-24(19)33(26(34)32(22)3)15-10-16(11-15)35-4/h6-7,12-16H,5,8-11H2,1-4H3. The average molecular weight is 498 g/mol. The van der Waals surface area contributed by atoms with Crippen LogP contribution in [0.25, 0.3) is 33.1 Å². The van der Waals surface area contributed by atoms with Crippen LogP contribution in [0.5, 0.6) is 5.88 Å². The van der Waals surface area contributed by atoms with E-state index in [9.17, 15) is 4.79 Å². The number of methoxy groups -OCH3 is 1. The Kier molecular flexibility index (Phi) is 6.48. The molecule has 1 aliphatic carbocycles. The van der Waals surface area contributed by atoms with Crippen molar-refractivity contribution in [2.45, 2.75) is 31.4 Å². The molecular formula is C26H29F2N5O3. The summed E-state index contributed by atoms with van der Waals surface area (Å²) >= 11 is 0. The Balaban J connectivity index is 1.56. The highest BCUT2D eigenvalue weighted by Gasteiger charge is 2.34. The molecule has 0 N–H and O–H groups in total. The zero-order valence-corrected chi connectivity index (χ0v) is 20.8. The van der Waals surface area contributed by atoms with Crippen LogP contribution in [0, 0.1) is 11.8 Å². The number of fused-ring (bicyclic) bond motifs is 3. The predicted octanol–water partition coefficient (Wildman–Crippen LogP) is 3.91. The molecule has 36 heavy (non-hydrogen) atoms. The first kappa shape index (κ1) is 24.3. The van der Waals surface area contributed by atoms with Gasteiger partial charge >= 0.3 is 5.69 Å². The van der Waals surface area contributed by atoms with Crippen LogP contribution in [0.4, 0.5) is 8.78 Å². The minimum atomic E-state index is -0.828. The van der Waals surface area contributed by atoms with E-state index in [2.05, 4.69) is 9.97 Å². The van der Waals surface area contributed by atoms with Crippen LogP contribution in [0.15, 0.2) is 35.3 Å². The van der Waals surface area contributed by atoms with Gasteiger partial charge in [-0.05, 0) is 45.5 Å². The number of benzene rings is 1. The summed E-state index contributed by atoms with van der Waals surface area (Å²) in [7, 11) is 7.27. The number of hydrogen-bond acceptors (Lipinski definition) is 6. The molecule has 10 heteroatoms. The fourth-order valence-corrected chi connectivity index (χ4v) is 4.79. The first-order valence-corrected chi connectivity index (χ1v) is 11.9. The summed E-state index contributed by atoms with van der Waals surface area (Å²) in [6.45, 7) is 1.23. The van der Waals surface area contributed by atoms with Crippen molar-refractivity contribution in [1.29, 1.82) is 0 Å². The lowest BCUT2D eigenvalue weighted by Gasteiger charge is -2.34. The molecule has 0 unspecified atom stereocenters. The van der Waals surface area contributed by atoms with Crippen molar-refractivity contribution >= 4 is 21.9 Å². The molecule has 0 aliphatic heterocycles. The smallest absolute Gasteiger partial charge is 0.329 e. The molecule has 0 atom stereocenters. The van der Waals surface area contributed by atoms with Crippen molar-refractivity contribution in [3.8, 4) is 17.0 Å². The Hall–Kier alpha value is -3.37. The molecule has 0 amide bonds. The van der Waals surface area contributed by atoms with E-state index in [-0.39, 0.29) is 34.8 Å². The van der Waals surface area contributed by atoms with Crippen LogP contribution >= 0.6 is 0 Å². The second kappa shape index (κ2) is 9.59. The van der Waals surface area contributed by atoms with E-state index in [0.29, 0.717) is 41.4 Å². The lowest BCUT2D eigenvalue weighted by molar-refractivity contribution is 0.00635. The number of hydrogen-bond donors (Lipinski definition) is 0.